The van der Waals surface area contributed by atoms with E-state index in [0.717, 1.165) is 5.69 Å². The molecule has 11 heavy (non-hydrogen) atoms. The molecule has 0 fully saturated rings. The lowest BCUT2D eigenvalue weighted by molar-refractivity contribution is 1.41. The van der Waals surface area contributed by atoms with Gasteiger partial charge in [-0.3, -0.25) is 4.99 Å². The summed E-state index contributed by atoms with van der Waals surface area (Å²) in [4.78, 5) is 4.18. The maximum absolute atomic E-state index is 4.18. The molecule has 0 N–H and O–H groups in total. The molecule has 0 heterocycles. The molecule has 1 aromatic carbocycles. The highest BCUT2D eigenvalue weighted by Crippen LogP contribution is 2.15. The van der Waals surface area contributed by atoms with Crippen molar-refractivity contribution in [2.45, 2.75) is 6.92 Å². The van der Waals surface area contributed by atoms with Crippen LogP contribution in [0.2, 0.25) is 0 Å². The Kier molecular flexibility index (Phi) is 2.61. The van der Waals surface area contributed by atoms with Gasteiger partial charge >= 0.3 is 0 Å². The number of hydrogen-bond donors (Lipinski definition) is 0. The molecule has 0 spiro atoms. The van der Waals surface area contributed by atoms with Gasteiger partial charge in [-0.2, -0.15) is 0 Å². The summed E-state index contributed by atoms with van der Waals surface area (Å²) in [5.74, 6) is 0. The van der Waals surface area contributed by atoms with Crippen molar-refractivity contribution in [1.82, 2.24) is 0 Å². The van der Waals surface area contributed by atoms with E-state index in [2.05, 4.69) is 11.6 Å². The summed E-state index contributed by atoms with van der Waals surface area (Å²) in [5, 5.41) is 0. The van der Waals surface area contributed by atoms with Crippen LogP contribution in [-0.4, -0.2) is 6.21 Å². The zero-order chi connectivity index (χ0) is 8.10. The molecule has 1 rings (SSSR count). The first kappa shape index (κ1) is 7.73. The molecule has 0 saturated carbocycles. The fourth-order valence-electron chi connectivity index (χ4n) is 0.841. The highest BCUT2D eigenvalue weighted by molar-refractivity contribution is 5.74. The molecule has 0 saturated heterocycles. The first-order valence-corrected chi connectivity index (χ1v) is 3.55. The summed E-state index contributed by atoms with van der Waals surface area (Å²) < 4.78 is 0. The van der Waals surface area contributed by atoms with Crippen LogP contribution >= 0.6 is 0 Å². The topological polar surface area (TPSA) is 12.4 Å². The molecule has 0 aliphatic heterocycles. The number of benzene rings is 1. The van der Waals surface area contributed by atoms with Crippen molar-refractivity contribution in [3.8, 4) is 0 Å². The molecule has 1 nitrogen and oxygen atoms in total. The molecule has 0 atom stereocenters. The highest BCUT2D eigenvalue weighted by atomic mass is 14.7. The summed E-state index contributed by atoms with van der Waals surface area (Å²) in [5.41, 5.74) is 2.19. The standard InChI is InChI=1S/C10H11N/c1-3-8-11-10-7-5-4-6-9(10)2/h3-8H,1H2,2H3. The highest BCUT2D eigenvalue weighted by Gasteiger charge is 1.89. The fraction of sp³-hybridized carbons (Fsp3) is 0.100. The third-order valence-corrected chi connectivity index (χ3v) is 1.43. The average Bonchev–Trinajstić information content (AvgIpc) is 2.03. The number of rotatable bonds is 2. The molecule has 0 amide bonds. The molecule has 0 bridgehead atoms. The summed E-state index contributed by atoms with van der Waals surface area (Å²) >= 11 is 0. The van der Waals surface area contributed by atoms with E-state index in [-0.39, 0.29) is 0 Å². The Morgan fingerprint density at radius 3 is 2.73 bits per heavy atom. The fourth-order valence-corrected chi connectivity index (χ4v) is 0.841. The van der Waals surface area contributed by atoms with E-state index in [9.17, 15) is 0 Å². The van der Waals surface area contributed by atoms with Crippen molar-refractivity contribution < 1.29 is 0 Å². The smallest absolute Gasteiger partial charge is 0.0658 e. The Bertz CT molecular complexity index is 274. The molecule has 1 aromatic rings. The van der Waals surface area contributed by atoms with Gasteiger partial charge in [-0.05, 0) is 18.6 Å². The summed E-state index contributed by atoms with van der Waals surface area (Å²) in [6.45, 7) is 5.59. The quantitative estimate of drug-likeness (QED) is 0.567. The second kappa shape index (κ2) is 3.71. The van der Waals surface area contributed by atoms with Crippen molar-refractivity contribution in [2.24, 2.45) is 4.99 Å². The third kappa shape index (κ3) is 2.04. The van der Waals surface area contributed by atoms with E-state index in [4.69, 9.17) is 0 Å². The van der Waals surface area contributed by atoms with Gasteiger partial charge in [-0.25, -0.2) is 0 Å². The van der Waals surface area contributed by atoms with Crippen LogP contribution in [0.25, 0.3) is 0 Å². The largest absolute Gasteiger partial charge is 0.257 e. The second-order valence-corrected chi connectivity index (χ2v) is 2.30. The number of nitrogens with zero attached hydrogens (tertiary/aromatic N) is 1. The number of hydrogen-bond acceptors (Lipinski definition) is 1. The van der Waals surface area contributed by atoms with Crippen LogP contribution < -0.4 is 0 Å². The van der Waals surface area contributed by atoms with Crippen LogP contribution in [0.3, 0.4) is 0 Å². The molecular formula is C10H11N. The Balaban J connectivity index is 2.94. The van der Waals surface area contributed by atoms with Crippen LogP contribution in [0.5, 0.6) is 0 Å². The van der Waals surface area contributed by atoms with E-state index in [1.54, 1.807) is 12.3 Å². The molecule has 0 radical (unpaired) electrons. The van der Waals surface area contributed by atoms with E-state index in [1.807, 2.05) is 31.2 Å². The maximum atomic E-state index is 4.18. The van der Waals surface area contributed by atoms with Crippen molar-refractivity contribution in [3.63, 3.8) is 0 Å². The minimum absolute atomic E-state index is 1.01. The maximum Gasteiger partial charge on any atom is 0.0658 e. The van der Waals surface area contributed by atoms with Crippen LogP contribution in [0, 0.1) is 6.92 Å². The van der Waals surface area contributed by atoms with Crippen LogP contribution in [0.1, 0.15) is 5.56 Å². The van der Waals surface area contributed by atoms with Gasteiger partial charge in [0.25, 0.3) is 0 Å². The van der Waals surface area contributed by atoms with Gasteiger partial charge in [0.2, 0.25) is 0 Å². The molecular weight excluding hydrogens is 134 g/mol. The van der Waals surface area contributed by atoms with E-state index in [1.165, 1.54) is 5.56 Å². The lowest BCUT2D eigenvalue weighted by Gasteiger charge is -1.95. The van der Waals surface area contributed by atoms with Crippen molar-refractivity contribution >= 4 is 11.9 Å². The molecule has 0 aromatic heterocycles. The van der Waals surface area contributed by atoms with Gasteiger partial charge in [0.05, 0.1) is 5.69 Å². The minimum Gasteiger partial charge on any atom is -0.257 e. The molecule has 0 aliphatic rings. The Hall–Kier alpha value is -1.37. The summed E-state index contributed by atoms with van der Waals surface area (Å²) in [7, 11) is 0. The van der Waals surface area contributed by atoms with E-state index >= 15 is 0 Å². The van der Waals surface area contributed by atoms with Crippen molar-refractivity contribution in [1.29, 1.82) is 0 Å². The number of aliphatic imine (C=N–C) groups is 1. The van der Waals surface area contributed by atoms with Gasteiger partial charge in [0, 0.05) is 6.21 Å². The summed E-state index contributed by atoms with van der Waals surface area (Å²) in [6.07, 6.45) is 3.37. The van der Waals surface area contributed by atoms with Gasteiger partial charge in [-0.1, -0.05) is 30.9 Å². The van der Waals surface area contributed by atoms with Gasteiger partial charge in [-0.15, -0.1) is 0 Å². The SMILES string of the molecule is C=CC=Nc1ccccc1C. The molecule has 0 aliphatic carbocycles. The van der Waals surface area contributed by atoms with Gasteiger partial charge < -0.3 is 0 Å². The first-order valence-electron chi connectivity index (χ1n) is 3.55. The zero-order valence-electron chi connectivity index (χ0n) is 6.62. The van der Waals surface area contributed by atoms with Crippen molar-refractivity contribution in [3.05, 3.63) is 42.5 Å². The molecule has 0 unspecified atom stereocenters. The predicted octanol–water partition coefficient (Wildman–Crippen LogP) is 2.88. The number of allylic oxidation sites excluding steroid dienone is 1. The average molecular weight is 145 g/mol. The van der Waals surface area contributed by atoms with Crippen molar-refractivity contribution in [2.75, 3.05) is 0 Å². The molecule has 1 heteroatoms. The third-order valence-electron chi connectivity index (χ3n) is 1.43. The number of para-hydroxylation sites is 1. The van der Waals surface area contributed by atoms with Crippen LogP contribution in [-0.2, 0) is 0 Å². The van der Waals surface area contributed by atoms with Gasteiger partial charge in [0.1, 0.15) is 0 Å². The van der Waals surface area contributed by atoms with E-state index < -0.39 is 0 Å². The normalized spacial score (nSPS) is 10.3. The molecule has 56 valence electrons. The first-order chi connectivity index (χ1) is 5.34. The monoisotopic (exact) mass is 145 g/mol. The van der Waals surface area contributed by atoms with Gasteiger partial charge in [0.15, 0.2) is 0 Å². The Morgan fingerprint density at radius 2 is 2.09 bits per heavy atom. The second-order valence-electron chi connectivity index (χ2n) is 2.30. The van der Waals surface area contributed by atoms with Crippen LogP contribution in [0.4, 0.5) is 5.69 Å². The number of aryl methyl sites for hydroxylation is 1. The Labute approximate surface area is 67.1 Å². The van der Waals surface area contributed by atoms with E-state index in [0.29, 0.717) is 0 Å². The lowest BCUT2D eigenvalue weighted by atomic mass is 10.2. The Morgan fingerprint density at radius 1 is 1.36 bits per heavy atom. The lowest BCUT2D eigenvalue weighted by Crippen LogP contribution is -1.72. The zero-order valence-corrected chi connectivity index (χ0v) is 6.62. The van der Waals surface area contributed by atoms with Crippen LogP contribution in [0.15, 0.2) is 41.9 Å². The predicted molar refractivity (Wildman–Crippen MR) is 49.5 cm³/mol. The summed E-state index contributed by atoms with van der Waals surface area (Å²) in [6, 6.07) is 8.00. The minimum atomic E-state index is 1.01.